The van der Waals surface area contributed by atoms with Crippen molar-refractivity contribution >= 4 is 11.9 Å². The average molecular weight is 389 g/mol. The number of hydrogen-bond donors (Lipinski definition) is 0. The molecule has 1 heterocycles. The van der Waals surface area contributed by atoms with Gasteiger partial charge in [0.15, 0.2) is 6.10 Å². The second kappa shape index (κ2) is 6.96. The van der Waals surface area contributed by atoms with Gasteiger partial charge in [0.2, 0.25) is 0 Å². The lowest BCUT2D eigenvalue weighted by Gasteiger charge is -2.30. The molecule has 2 aromatic carbocycles. The molecule has 2 aliphatic rings. The molecule has 4 rings (SSSR count). The Balaban J connectivity index is 1.51. The third-order valence-corrected chi connectivity index (χ3v) is 5.07. The first-order valence-electron chi connectivity index (χ1n) is 9.08. The Morgan fingerprint density at radius 2 is 1.75 bits per heavy atom. The SMILES string of the molecule is O=C1OC(C(=O)N(Cc2ccc(C(F)(F)F)cc2)C2CC2)Cc2ccccc21. The van der Waals surface area contributed by atoms with Crippen molar-refractivity contribution in [1.82, 2.24) is 4.90 Å². The van der Waals surface area contributed by atoms with E-state index in [0.717, 1.165) is 30.5 Å². The second-order valence-electron chi connectivity index (χ2n) is 7.15. The molecule has 1 saturated carbocycles. The van der Waals surface area contributed by atoms with Crippen LogP contribution >= 0.6 is 0 Å². The van der Waals surface area contributed by atoms with Crippen LogP contribution in [0.1, 0.15) is 39.9 Å². The van der Waals surface area contributed by atoms with Gasteiger partial charge in [0.25, 0.3) is 5.91 Å². The third-order valence-electron chi connectivity index (χ3n) is 5.07. The maximum absolute atomic E-state index is 13.0. The zero-order valence-electron chi connectivity index (χ0n) is 14.9. The molecule has 0 N–H and O–H groups in total. The Bertz CT molecular complexity index is 904. The van der Waals surface area contributed by atoms with Crippen molar-refractivity contribution in [2.24, 2.45) is 0 Å². The van der Waals surface area contributed by atoms with E-state index in [1.54, 1.807) is 29.2 Å². The van der Waals surface area contributed by atoms with Gasteiger partial charge in [0.05, 0.1) is 11.1 Å². The molecule has 146 valence electrons. The van der Waals surface area contributed by atoms with Crippen LogP contribution in [-0.4, -0.2) is 28.9 Å². The monoisotopic (exact) mass is 389 g/mol. The van der Waals surface area contributed by atoms with Gasteiger partial charge < -0.3 is 9.64 Å². The van der Waals surface area contributed by atoms with Crippen LogP contribution in [0.5, 0.6) is 0 Å². The van der Waals surface area contributed by atoms with Crippen molar-refractivity contribution in [3.05, 3.63) is 70.8 Å². The molecule has 1 atom stereocenters. The van der Waals surface area contributed by atoms with E-state index in [9.17, 15) is 22.8 Å². The molecule has 0 aromatic heterocycles. The molecular weight excluding hydrogens is 371 g/mol. The van der Waals surface area contributed by atoms with Crippen molar-refractivity contribution < 1.29 is 27.5 Å². The fourth-order valence-corrected chi connectivity index (χ4v) is 3.42. The van der Waals surface area contributed by atoms with Crippen molar-refractivity contribution in [2.45, 2.75) is 44.1 Å². The highest BCUT2D eigenvalue weighted by Crippen LogP contribution is 2.32. The fourth-order valence-electron chi connectivity index (χ4n) is 3.42. The molecule has 1 unspecified atom stereocenters. The summed E-state index contributed by atoms with van der Waals surface area (Å²) in [6.07, 6.45) is -3.32. The number of amides is 1. The number of carbonyl (C=O) groups excluding carboxylic acids is 2. The summed E-state index contributed by atoms with van der Waals surface area (Å²) in [6, 6.07) is 11.8. The Labute approximate surface area is 159 Å². The van der Waals surface area contributed by atoms with E-state index in [4.69, 9.17) is 4.74 Å². The largest absolute Gasteiger partial charge is 0.448 e. The number of esters is 1. The van der Waals surface area contributed by atoms with E-state index in [0.29, 0.717) is 17.5 Å². The lowest BCUT2D eigenvalue weighted by Crippen LogP contribution is -2.45. The van der Waals surface area contributed by atoms with Gasteiger partial charge >= 0.3 is 12.1 Å². The van der Waals surface area contributed by atoms with E-state index in [1.165, 1.54) is 12.1 Å². The smallest absolute Gasteiger partial charge is 0.416 e. The Kier molecular flexibility index (Phi) is 4.61. The van der Waals surface area contributed by atoms with E-state index in [2.05, 4.69) is 0 Å². The number of rotatable bonds is 4. The van der Waals surface area contributed by atoms with Crippen LogP contribution in [0, 0.1) is 0 Å². The number of cyclic esters (lactones) is 1. The Hall–Kier alpha value is -2.83. The van der Waals surface area contributed by atoms with Crippen molar-refractivity contribution in [3.8, 4) is 0 Å². The standard InChI is InChI=1S/C21H18F3NO3/c22-21(23,24)15-7-5-13(6-8-15)12-25(16-9-10-16)19(26)18-11-14-3-1-2-4-17(14)20(27)28-18/h1-8,16,18H,9-12H2. The van der Waals surface area contributed by atoms with Gasteiger partial charge in [-0.2, -0.15) is 13.2 Å². The van der Waals surface area contributed by atoms with Crippen molar-refractivity contribution in [2.75, 3.05) is 0 Å². The lowest BCUT2D eigenvalue weighted by molar-refractivity contribution is -0.142. The normalized spacial score (nSPS) is 19.0. The van der Waals surface area contributed by atoms with Gasteiger partial charge in [0.1, 0.15) is 0 Å². The van der Waals surface area contributed by atoms with Crippen LogP contribution in [-0.2, 0) is 28.7 Å². The first-order valence-corrected chi connectivity index (χ1v) is 9.08. The average Bonchev–Trinajstić information content (AvgIpc) is 3.50. The zero-order valence-corrected chi connectivity index (χ0v) is 14.9. The Morgan fingerprint density at radius 1 is 1.07 bits per heavy atom. The predicted molar refractivity (Wildman–Crippen MR) is 94.4 cm³/mol. The molecule has 0 saturated heterocycles. The van der Waals surface area contributed by atoms with E-state index >= 15 is 0 Å². The highest BCUT2D eigenvalue weighted by atomic mass is 19.4. The number of carbonyl (C=O) groups is 2. The minimum atomic E-state index is -4.39. The highest BCUT2D eigenvalue weighted by Gasteiger charge is 2.39. The summed E-state index contributed by atoms with van der Waals surface area (Å²) in [5.41, 5.74) is 1.11. The van der Waals surface area contributed by atoms with Crippen LogP contribution in [0.4, 0.5) is 13.2 Å². The summed E-state index contributed by atoms with van der Waals surface area (Å²) in [5.74, 6) is -0.823. The van der Waals surface area contributed by atoms with Gasteiger partial charge in [0, 0.05) is 19.0 Å². The van der Waals surface area contributed by atoms with Gasteiger partial charge in [-0.1, -0.05) is 30.3 Å². The van der Waals surface area contributed by atoms with Crippen molar-refractivity contribution in [3.63, 3.8) is 0 Å². The second-order valence-corrected chi connectivity index (χ2v) is 7.15. The Morgan fingerprint density at radius 3 is 2.39 bits per heavy atom. The molecule has 1 fully saturated rings. The molecule has 1 aliphatic heterocycles. The van der Waals surface area contributed by atoms with Gasteiger partial charge in [-0.25, -0.2) is 4.79 Å². The first kappa shape index (κ1) is 18.5. The zero-order chi connectivity index (χ0) is 19.9. The summed E-state index contributed by atoms with van der Waals surface area (Å²) in [6.45, 7) is 0.192. The summed E-state index contributed by atoms with van der Waals surface area (Å²) in [4.78, 5) is 26.9. The number of benzene rings is 2. The number of fused-ring (bicyclic) bond motifs is 1. The predicted octanol–water partition coefficient (Wildman–Crippen LogP) is 3.98. The van der Waals surface area contributed by atoms with Gasteiger partial charge in [-0.3, -0.25) is 4.79 Å². The number of hydrogen-bond acceptors (Lipinski definition) is 3. The quantitative estimate of drug-likeness (QED) is 0.744. The topological polar surface area (TPSA) is 46.6 Å². The van der Waals surface area contributed by atoms with Crippen LogP contribution in [0.2, 0.25) is 0 Å². The summed E-state index contributed by atoms with van der Waals surface area (Å²) < 4.78 is 43.6. The molecule has 0 spiro atoms. The van der Waals surface area contributed by atoms with E-state index in [1.807, 2.05) is 0 Å². The van der Waals surface area contributed by atoms with Gasteiger partial charge in [-0.15, -0.1) is 0 Å². The molecule has 7 heteroatoms. The number of ether oxygens (including phenoxy) is 1. The minimum absolute atomic E-state index is 0.0330. The number of nitrogens with zero attached hydrogens (tertiary/aromatic N) is 1. The molecule has 4 nitrogen and oxygen atoms in total. The molecule has 28 heavy (non-hydrogen) atoms. The molecule has 0 radical (unpaired) electrons. The first-order chi connectivity index (χ1) is 13.3. The van der Waals surface area contributed by atoms with Crippen LogP contribution in [0.15, 0.2) is 48.5 Å². The lowest BCUT2D eigenvalue weighted by atomic mass is 9.98. The fraction of sp³-hybridized carbons (Fsp3) is 0.333. The highest BCUT2D eigenvalue weighted by molar-refractivity contribution is 5.95. The van der Waals surface area contributed by atoms with Crippen LogP contribution < -0.4 is 0 Å². The molecule has 2 aromatic rings. The van der Waals surface area contributed by atoms with Crippen LogP contribution in [0.25, 0.3) is 0 Å². The third kappa shape index (κ3) is 3.74. The molecular formula is C21H18F3NO3. The maximum Gasteiger partial charge on any atom is 0.416 e. The molecule has 0 bridgehead atoms. The van der Waals surface area contributed by atoms with Crippen LogP contribution in [0.3, 0.4) is 0 Å². The van der Waals surface area contributed by atoms with E-state index in [-0.39, 0.29) is 18.5 Å². The van der Waals surface area contributed by atoms with Crippen molar-refractivity contribution in [1.29, 1.82) is 0 Å². The summed E-state index contributed by atoms with van der Waals surface area (Å²) in [5, 5.41) is 0. The maximum atomic E-state index is 13.0. The molecule has 1 amide bonds. The number of halogens is 3. The molecule has 1 aliphatic carbocycles. The number of alkyl halides is 3. The van der Waals surface area contributed by atoms with E-state index < -0.39 is 23.8 Å². The summed E-state index contributed by atoms with van der Waals surface area (Å²) >= 11 is 0. The van der Waals surface area contributed by atoms with Gasteiger partial charge in [-0.05, 0) is 42.2 Å². The summed E-state index contributed by atoms with van der Waals surface area (Å²) in [7, 11) is 0. The minimum Gasteiger partial charge on any atom is -0.448 e.